The molecule has 1 amide bonds. The molecule has 0 aliphatic rings. The van der Waals surface area contributed by atoms with E-state index in [4.69, 9.17) is 0 Å². The molecule has 1 N–H and O–H groups in total. The van der Waals surface area contributed by atoms with Crippen LogP contribution in [0.5, 0.6) is 0 Å². The number of anilines is 2. The van der Waals surface area contributed by atoms with Crippen molar-refractivity contribution in [3.8, 4) is 0 Å². The lowest BCUT2D eigenvalue weighted by Gasteiger charge is -2.22. The van der Waals surface area contributed by atoms with Gasteiger partial charge < -0.3 is 5.32 Å². The van der Waals surface area contributed by atoms with Crippen molar-refractivity contribution in [2.75, 3.05) is 22.4 Å². The molecule has 0 atom stereocenters. The smallest absolute Gasteiger partial charge is 0.232 e. The van der Waals surface area contributed by atoms with Crippen molar-refractivity contribution in [1.82, 2.24) is 0 Å². The minimum atomic E-state index is -3.39. The number of amides is 1. The maximum absolute atomic E-state index is 12.1. The van der Waals surface area contributed by atoms with Crippen LogP contribution in [0.15, 0.2) is 54.6 Å². The van der Waals surface area contributed by atoms with Gasteiger partial charge in [0.2, 0.25) is 15.9 Å². The van der Waals surface area contributed by atoms with Gasteiger partial charge in [0, 0.05) is 18.7 Å². The molecule has 0 aliphatic carbocycles. The lowest BCUT2D eigenvalue weighted by molar-refractivity contribution is -0.116. The third-order valence-corrected chi connectivity index (χ3v) is 5.05. The molecular weight excluding hydrogens is 336 g/mol. The first kappa shape index (κ1) is 19.0. The van der Waals surface area contributed by atoms with Crippen molar-refractivity contribution in [3.63, 3.8) is 0 Å². The molecule has 6 heteroatoms. The highest BCUT2D eigenvalue weighted by molar-refractivity contribution is 7.92. The first-order chi connectivity index (χ1) is 11.9. The average molecular weight is 360 g/mol. The van der Waals surface area contributed by atoms with Gasteiger partial charge >= 0.3 is 0 Å². The Labute approximate surface area is 149 Å². The molecular formula is C19H24N2O3S. The first-order valence-corrected chi connectivity index (χ1v) is 10.2. The summed E-state index contributed by atoms with van der Waals surface area (Å²) in [5.74, 6) is -0.124. The van der Waals surface area contributed by atoms with E-state index < -0.39 is 10.0 Å². The van der Waals surface area contributed by atoms with Gasteiger partial charge in [-0.3, -0.25) is 9.10 Å². The van der Waals surface area contributed by atoms with Crippen LogP contribution in [-0.4, -0.2) is 27.1 Å². The molecule has 5 nitrogen and oxygen atoms in total. The highest BCUT2D eigenvalue weighted by atomic mass is 32.2. The van der Waals surface area contributed by atoms with E-state index >= 15 is 0 Å². The maximum Gasteiger partial charge on any atom is 0.232 e. The summed E-state index contributed by atoms with van der Waals surface area (Å²) in [5.41, 5.74) is 2.52. The predicted molar refractivity (Wildman–Crippen MR) is 102 cm³/mol. The molecule has 134 valence electrons. The van der Waals surface area contributed by atoms with Crippen molar-refractivity contribution < 1.29 is 13.2 Å². The molecule has 0 unspecified atom stereocenters. The number of nitrogens with one attached hydrogen (secondary N) is 1. The highest BCUT2D eigenvalue weighted by Gasteiger charge is 2.17. The number of carbonyl (C=O) groups is 1. The molecule has 0 aliphatic heterocycles. The molecule has 0 saturated carbocycles. The van der Waals surface area contributed by atoms with Crippen molar-refractivity contribution in [1.29, 1.82) is 0 Å². The fourth-order valence-electron chi connectivity index (χ4n) is 2.51. The Balaban J connectivity index is 1.95. The van der Waals surface area contributed by atoms with Crippen LogP contribution in [-0.2, 0) is 21.2 Å². The summed E-state index contributed by atoms with van der Waals surface area (Å²) in [6, 6.07) is 16.7. The second kappa shape index (κ2) is 8.67. The molecule has 2 aromatic carbocycles. The van der Waals surface area contributed by atoms with Crippen LogP contribution < -0.4 is 9.62 Å². The van der Waals surface area contributed by atoms with Gasteiger partial charge in [0.05, 0.1) is 11.9 Å². The van der Waals surface area contributed by atoms with Crippen molar-refractivity contribution >= 4 is 27.3 Å². The second-order valence-electron chi connectivity index (χ2n) is 5.87. The van der Waals surface area contributed by atoms with E-state index in [1.807, 2.05) is 54.6 Å². The summed E-state index contributed by atoms with van der Waals surface area (Å²) >= 11 is 0. The van der Waals surface area contributed by atoms with Gasteiger partial charge in [-0.15, -0.1) is 0 Å². The largest absolute Gasteiger partial charge is 0.326 e. The quantitative estimate of drug-likeness (QED) is 0.784. The van der Waals surface area contributed by atoms with Gasteiger partial charge in [0.25, 0.3) is 0 Å². The Morgan fingerprint density at radius 2 is 1.68 bits per heavy atom. The molecule has 2 aromatic rings. The number of hydrogen-bond acceptors (Lipinski definition) is 3. The zero-order valence-electron chi connectivity index (χ0n) is 14.6. The Hall–Kier alpha value is -2.34. The molecule has 0 saturated heterocycles. The third kappa shape index (κ3) is 5.90. The van der Waals surface area contributed by atoms with E-state index in [-0.39, 0.29) is 18.9 Å². The lowest BCUT2D eigenvalue weighted by Crippen LogP contribution is -2.31. The summed E-state index contributed by atoms with van der Waals surface area (Å²) in [6.45, 7) is 2.32. The van der Waals surface area contributed by atoms with Crippen LogP contribution in [0.2, 0.25) is 0 Å². The minimum absolute atomic E-state index is 0.124. The topological polar surface area (TPSA) is 66.5 Å². The van der Waals surface area contributed by atoms with Crippen LogP contribution in [0.1, 0.15) is 25.3 Å². The van der Waals surface area contributed by atoms with Crippen LogP contribution in [0.25, 0.3) is 0 Å². The SMILES string of the molecule is CCc1ccc(N(CCCC(=O)Nc2ccccc2)S(C)(=O)=O)cc1. The number of carbonyl (C=O) groups excluding carboxylic acids is 1. The van der Waals surface area contributed by atoms with Gasteiger partial charge in [0.15, 0.2) is 0 Å². The standard InChI is InChI=1S/C19H24N2O3S/c1-3-16-11-13-18(14-12-16)21(25(2,23)24)15-7-10-19(22)20-17-8-5-4-6-9-17/h4-6,8-9,11-14H,3,7,10,15H2,1-2H3,(H,20,22). The Morgan fingerprint density at radius 1 is 1.04 bits per heavy atom. The monoisotopic (exact) mass is 360 g/mol. The third-order valence-electron chi connectivity index (χ3n) is 3.86. The van der Waals surface area contributed by atoms with E-state index in [2.05, 4.69) is 12.2 Å². The van der Waals surface area contributed by atoms with E-state index in [9.17, 15) is 13.2 Å². The second-order valence-corrected chi connectivity index (χ2v) is 7.78. The molecule has 0 radical (unpaired) electrons. The van der Waals surface area contributed by atoms with Crippen LogP contribution in [0, 0.1) is 0 Å². The minimum Gasteiger partial charge on any atom is -0.326 e. The fourth-order valence-corrected chi connectivity index (χ4v) is 3.48. The lowest BCUT2D eigenvalue weighted by atomic mass is 10.1. The van der Waals surface area contributed by atoms with Gasteiger partial charge in [-0.05, 0) is 42.7 Å². The normalized spacial score (nSPS) is 11.1. The number of nitrogens with zero attached hydrogens (tertiary/aromatic N) is 1. The van der Waals surface area contributed by atoms with E-state index in [1.54, 1.807) is 0 Å². The van der Waals surface area contributed by atoms with Crippen molar-refractivity contribution in [2.24, 2.45) is 0 Å². The molecule has 25 heavy (non-hydrogen) atoms. The zero-order valence-corrected chi connectivity index (χ0v) is 15.4. The number of para-hydroxylation sites is 1. The zero-order chi connectivity index (χ0) is 18.3. The van der Waals surface area contributed by atoms with Gasteiger partial charge in [0.1, 0.15) is 0 Å². The molecule has 0 fully saturated rings. The number of aryl methyl sites for hydroxylation is 1. The summed E-state index contributed by atoms with van der Waals surface area (Å²) in [5, 5.41) is 2.80. The summed E-state index contributed by atoms with van der Waals surface area (Å²) in [7, 11) is -3.39. The molecule has 0 spiro atoms. The fraction of sp³-hybridized carbons (Fsp3) is 0.316. The van der Waals surface area contributed by atoms with Crippen molar-refractivity contribution in [3.05, 3.63) is 60.2 Å². The first-order valence-electron chi connectivity index (χ1n) is 8.31. The number of rotatable bonds is 8. The Morgan fingerprint density at radius 3 is 2.24 bits per heavy atom. The van der Waals surface area contributed by atoms with Crippen LogP contribution in [0.3, 0.4) is 0 Å². The molecule has 2 rings (SSSR count). The highest BCUT2D eigenvalue weighted by Crippen LogP contribution is 2.19. The van der Waals surface area contributed by atoms with Crippen LogP contribution >= 0.6 is 0 Å². The van der Waals surface area contributed by atoms with E-state index in [0.29, 0.717) is 12.1 Å². The van der Waals surface area contributed by atoms with Gasteiger partial charge in [-0.1, -0.05) is 37.3 Å². The Kier molecular flexibility index (Phi) is 6.58. The van der Waals surface area contributed by atoms with Gasteiger partial charge in [-0.25, -0.2) is 8.42 Å². The summed E-state index contributed by atoms with van der Waals surface area (Å²) < 4.78 is 25.5. The Bertz CT molecular complexity index is 787. The molecule has 0 bridgehead atoms. The van der Waals surface area contributed by atoms with Crippen molar-refractivity contribution in [2.45, 2.75) is 26.2 Å². The summed E-state index contributed by atoms with van der Waals surface area (Å²) in [4.78, 5) is 12.0. The predicted octanol–water partition coefficient (Wildman–Crippen LogP) is 3.43. The molecule has 0 heterocycles. The number of hydrogen-bond donors (Lipinski definition) is 1. The summed E-state index contributed by atoms with van der Waals surface area (Å²) in [6.07, 6.45) is 2.79. The van der Waals surface area contributed by atoms with Gasteiger partial charge in [-0.2, -0.15) is 0 Å². The molecule has 0 aromatic heterocycles. The average Bonchev–Trinajstić information content (AvgIpc) is 2.59. The van der Waals surface area contributed by atoms with Crippen LogP contribution in [0.4, 0.5) is 11.4 Å². The number of sulfonamides is 1. The van der Waals surface area contributed by atoms with E-state index in [1.165, 1.54) is 10.6 Å². The van der Waals surface area contributed by atoms with E-state index in [0.717, 1.165) is 17.7 Å². The maximum atomic E-state index is 12.1. The number of benzene rings is 2.